The van der Waals surface area contributed by atoms with Crippen molar-refractivity contribution in [3.63, 3.8) is 0 Å². The molecule has 0 radical (unpaired) electrons. The third-order valence-corrected chi connectivity index (χ3v) is 4.44. The van der Waals surface area contributed by atoms with Gasteiger partial charge in [-0.3, -0.25) is 14.5 Å². The maximum absolute atomic E-state index is 12.3. The van der Waals surface area contributed by atoms with E-state index in [0.29, 0.717) is 6.54 Å². The van der Waals surface area contributed by atoms with Crippen molar-refractivity contribution in [2.45, 2.75) is 26.3 Å². The highest BCUT2D eigenvalue weighted by atomic mass is 79.9. The molecule has 0 saturated carbocycles. The number of nitrogens with zero attached hydrogens (tertiary/aromatic N) is 1. The van der Waals surface area contributed by atoms with Crippen LogP contribution in [0.1, 0.15) is 20.3 Å². The van der Waals surface area contributed by atoms with Gasteiger partial charge in [0.25, 0.3) is 0 Å². The lowest BCUT2D eigenvalue weighted by Gasteiger charge is -2.24. The highest BCUT2D eigenvalue weighted by molar-refractivity contribution is 9.11. The second-order valence-electron chi connectivity index (χ2n) is 5.11. The van der Waals surface area contributed by atoms with Gasteiger partial charge in [0, 0.05) is 29.0 Å². The normalized spacial score (nSPS) is 12.1. The summed E-state index contributed by atoms with van der Waals surface area (Å²) in [5, 5.41) is 5.65. The minimum atomic E-state index is -0.257. The molecule has 0 aromatic heterocycles. The van der Waals surface area contributed by atoms with Crippen LogP contribution in [0.2, 0.25) is 0 Å². The summed E-state index contributed by atoms with van der Waals surface area (Å²) in [5.41, 5.74) is 0.742. The first kappa shape index (κ1) is 19.1. The number of halogens is 2. The molecule has 22 heavy (non-hydrogen) atoms. The Morgan fingerprint density at radius 1 is 1.32 bits per heavy atom. The van der Waals surface area contributed by atoms with Gasteiger partial charge < -0.3 is 10.6 Å². The Bertz CT molecular complexity index is 538. The van der Waals surface area contributed by atoms with Crippen LogP contribution in [0, 0.1) is 0 Å². The van der Waals surface area contributed by atoms with Crippen LogP contribution in [-0.2, 0) is 9.59 Å². The smallest absolute Gasteiger partial charge is 0.241 e. The van der Waals surface area contributed by atoms with E-state index in [1.165, 1.54) is 6.92 Å². The van der Waals surface area contributed by atoms with Crippen molar-refractivity contribution >= 4 is 49.4 Å². The van der Waals surface area contributed by atoms with Crippen LogP contribution in [-0.4, -0.2) is 42.9 Å². The van der Waals surface area contributed by atoms with E-state index in [4.69, 9.17) is 0 Å². The standard InChI is InChI=1S/C15H21Br2N3O2/c1-10(20(3)8-4-7-18-11(2)21)15(22)19-14-6-5-12(16)9-13(14)17/h5-6,9-10H,4,7-8H2,1-3H3,(H,18,21)(H,19,22). The zero-order valence-corrected chi connectivity index (χ0v) is 16.1. The number of hydrogen-bond donors (Lipinski definition) is 2. The predicted molar refractivity (Wildman–Crippen MR) is 95.9 cm³/mol. The van der Waals surface area contributed by atoms with Crippen molar-refractivity contribution in [3.05, 3.63) is 27.1 Å². The molecule has 1 aromatic rings. The number of amides is 2. The van der Waals surface area contributed by atoms with Gasteiger partial charge in [0.15, 0.2) is 0 Å². The van der Waals surface area contributed by atoms with Crippen molar-refractivity contribution in [1.29, 1.82) is 0 Å². The zero-order chi connectivity index (χ0) is 16.7. The summed E-state index contributed by atoms with van der Waals surface area (Å²) < 4.78 is 1.77. The molecule has 5 nitrogen and oxygen atoms in total. The lowest BCUT2D eigenvalue weighted by molar-refractivity contribution is -0.121. The average molecular weight is 435 g/mol. The molecule has 7 heteroatoms. The summed E-state index contributed by atoms with van der Waals surface area (Å²) in [6.45, 7) is 4.71. The largest absolute Gasteiger partial charge is 0.356 e. The molecule has 2 N–H and O–H groups in total. The SMILES string of the molecule is CC(=O)NCCCN(C)C(C)C(=O)Nc1ccc(Br)cc1Br. The van der Waals surface area contributed by atoms with Crippen LogP contribution < -0.4 is 10.6 Å². The number of carbonyl (C=O) groups is 2. The molecule has 1 rings (SSSR count). The Hall–Kier alpha value is -0.920. The summed E-state index contributed by atoms with van der Waals surface area (Å²) in [5.74, 6) is -0.0985. The molecule has 0 aliphatic rings. The highest BCUT2D eigenvalue weighted by Gasteiger charge is 2.18. The van der Waals surface area contributed by atoms with E-state index >= 15 is 0 Å². The number of benzene rings is 1. The van der Waals surface area contributed by atoms with Gasteiger partial charge in [-0.05, 0) is 54.5 Å². The molecule has 2 amide bonds. The van der Waals surface area contributed by atoms with Gasteiger partial charge in [0.05, 0.1) is 11.7 Å². The minimum Gasteiger partial charge on any atom is -0.356 e. The maximum atomic E-state index is 12.3. The number of nitrogens with one attached hydrogen (secondary N) is 2. The van der Waals surface area contributed by atoms with Gasteiger partial charge >= 0.3 is 0 Å². The van der Waals surface area contributed by atoms with E-state index < -0.39 is 0 Å². The third kappa shape index (κ3) is 6.46. The van der Waals surface area contributed by atoms with Gasteiger partial charge in [0.2, 0.25) is 11.8 Å². The first-order chi connectivity index (χ1) is 10.3. The molecule has 0 aliphatic heterocycles. The van der Waals surface area contributed by atoms with Gasteiger partial charge in [-0.15, -0.1) is 0 Å². The first-order valence-electron chi connectivity index (χ1n) is 7.02. The summed E-state index contributed by atoms with van der Waals surface area (Å²) >= 11 is 6.81. The van der Waals surface area contributed by atoms with Crippen LogP contribution >= 0.6 is 31.9 Å². The lowest BCUT2D eigenvalue weighted by Crippen LogP contribution is -2.40. The Kier molecular flexibility index (Phi) is 8.06. The fourth-order valence-electron chi connectivity index (χ4n) is 1.81. The highest BCUT2D eigenvalue weighted by Crippen LogP contribution is 2.26. The quantitative estimate of drug-likeness (QED) is 0.648. The molecular weight excluding hydrogens is 414 g/mol. The predicted octanol–water partition coefficient (Wildman–Crippen LogP) is 3.00. The minimum absolute atomic E-state index is 0.0338. The Morgan fingerprint density at radius 3 is 2.59 bits per heavy atom. The molecular formula is C15H21Br2N3O2. The molecule has 0 fully saturated rings. The van der Waals surface area contributed by atoms with Crippen LogP contribution in [0.15, 0.2) is 27.1 Å². The molecule has 1 aromatic carbocycles. The van der Waals surface area contributed by atoms with Gasteiger partial charge in [-0.1, -0.05) is 15.9 Å². The lowest BCUT2D eigenvalue weighted by atomic mass is 10.2. The average Bonchev–Trinajstić information content (AvgIpc) is 2.45. The van der Waals surface area contributed by atoms with Crippen molar-refractivity contribution in [1.82, 2.24) is 10.2 Å². The first-order valence-corrected chi connectivity index (χ1v) is 8.60. The second kappa shape index (κ2) is 9.27. The zero-order valence-electron chi connectivity index (χ0n) is 13.0. The van der Waals surface area contributed by atoms with E-state index in [1.807, 2.05) is 37.1 Å². The van der Waals surface area contributed by atoms with Crippen molar-refractivity contribution in [2.75, 3.05) is 25.5 Å². The monoisotopic (exact) mass is 433 g/mol. The number of anilines is 1. The van der Waals surface area contributed by atoms with E-state index in [2.05, 4.69) is 42.5 Å². The molecule has 0 spiro atoms. The Labute approximate surface area is 148 Å². The summed E-state index contributed by atoms with van der Waals surface area (Å²) in [6, 6.07) is 5.35. The van der Waals surface area contributed by atoms with E-state index in [1.54, 1.807) is 0 Å². The molecule has 0 heterocycles. The molecule has 0 saturated heterocycles. The fourth-order valence-corrected chi connectivity index (χ4v) is 2.96. The van der Waals surface area contributed by atoms with E-state index in [-0.39, 0.29) is 17.9 Å². The number of rotatable bonds is 7. The Morgan fingerprint density at radius 2 is 2.00 bits per heavy atom. The van der Waals surface area contributed by atoms with Crippen molar-refractivity contribution in [2.24, 2.45) is 0 Å². The molecule has 0 bridgehead atoms. The van der Waals surface area contributed by atoms with Gasteiger partial charge in [-0.2, -0.15) is 0 Å². The van der Waals surface area contributed by atoms with Crippen LogP contribution in [0.3, 0.4) is 0 Å². The van der Waals surface area contributed by atoms with Crippen LogP contribution in [0.5, 0.6) is 0 Å². The summed E-state index contributed by atoms with van der Waals surface area (Å²) in [6.07, 6.45) is 0.801. The summed E-state index contributed by atoms with van der Waals surface area (Å²) in [4.78, 5) is 25.0. The fraction of sp³-hybridized carbons (Fsp3) is 0.467. The van der Waals surface area contributed by atoms with Gasteiger partial charge in [-0.25, -0.2) is 0 Å². The topological polar surface area (TPSA) is 61.4 Å². The second-order valence-corrected chi connectivity index (χ2v) is 6.88. The number of hydrogen-bond acceptors (Lipinski definition) is 3. The number of carbonyl (C=O) groups excluding carboxylic acids is 2. The number of likely N-dealkylation sites (N-methyl/N-ethyl adjacent to an activating group) is 1. The van der Waals surface area contributed by atoms with E-state index in [9.17, 15) is 9.59 Å². The Balaban J connectivity index is 2.48. The van der Waals surface area contributed by atoms with Crippen molar-refractivity contribution < 1.29 is 9.59 Å². The third-order valence-electron chi connectivity index (χ3n) is 3.29. The maximum Gasteiger partial charge on any atom is 0.241 e. The van der Waals surface area contributed by atoms with Gasteiger partial charge in [0.1, 0.15) is 0 Å². The van der Waals surface area contributed by atoms with Crippen LogP contribution in [0.25, 0.3) is 0 Å². The van der Waals surface area contributed by atoms with Crippen molar-refractivity contribution in [3.8, 4) is 0 Å². The molecule has 122 valence electrons. The molecule has 0 aliphatic carbocycles. The summed E-state index contributed by atoms with van der Waals surface area (Å²) in [7, 11) is 1.90. The van der Waals surface area contributed by atoms with E-state index in [0.717, 1.165) is 27.6 Å². The van der Waals surface area contributed by atoms with Crippen LogP contribution in [0.4, 0.5) is 5.69 Å². The molecule has 1 unspecified atom stereocenters. The molecule has 1 atom stereocenters.